The molecule has 0 aliphatic carbocycles. The molecule has 1 saturated heterocycles. The number of nitrogens with two attached hydrogens (primary N) is 1. The summed E-state index contributed by atoms with van der Waals surface area (Å²) in [5.41, 5.74) is 5.79. The molecule has 0 bridgehead atoms. The van der Waals surface area contributed by atoms with Crippen LogP contribution in [-0.2, 0) is 0 Å². The van der Waals surface area contributed by atoms with E-state index >= 15 is 0 Å². The van der Waals surface area contributed by atoms with Gasteiger partial charge >= 0.3 is 0 Å². The summed E-state index contributed by atoms with van der Waals surface area (Å²) in [5.74, 6) is 0.141. The van der Waals surface area contributed by atoms with E-state index in [0.717, 1.165) is 22.7 Å². The standard InChI is InChI=1S/C10H14N2OS2.ClH/c1-14-8-3-5-15-9(8)10(13)12-4-2-7(11)6-12;/h3,5,7H,2,4,6,11H2,1H3;1H/t7-;/m0./s1. The monoisotopic (exact) mass is 278 g/mol. The second kappa shape index (κ2) is 5.91. The Morgan fingerprint density at radius 2 is 2.44 bits per heavy atom. The van der Waals surface area contributed by atoms with Crippen LogP contribution in [0.5, 0.6) is 0 Å². The number of amides is 1. The van der Waals surface area contributed by atoms with Crippen LogP contribution < -0.4 is 5.73 Å². The fraction of sp³-hybridized carbons (Fsp3) is 0.500. The molecule has 1 aliphatic heterocycles. The van der Waals surface area contributed by atoms with Crippen LogP contribution in [0.1, 0.15) is 16.1 Å². The maximum absolute atomic E-state index is 12.1. The van der Waals surface area contributed by atoms with Gasteiger partial charge in [-0.3, -0.25) is 4.79 Å². The minimum Gasteiger partial charge on any atom is -0.336 e. The number of hydrogen-bond acceptors (Lipinski definition) is 4. The van der Waals surface area contributed by atoms with Crippen molar-refractivity contribution in [2.45, 2.75) is 17.4 Å². The molecule has 0 spiro atoms. The minimum atomic E-state index is 0. The van der Waals surface area contributed by atoms with Crippen LogP contribution in [0.15, 0.2) is 16.3 Å². The van der Waals surface area contributed by atoms with Gasteiger partial charge in [-0.25, -0.2) is 0 Å². The fourth-order valence-corrected chi connectivity index (χ4v) is 3.44. The van der Waals surface area contributed by atoms with Gasteiger partial charge in [0.15, 0.2) is 0 Å². The summed E-state index contributed by atoms with van der Waals surface area (Å²) in [6.07, 6.45) is 2.92. The van der Waals surface area contributed by atoms with Crippen LogP contribution in [0, 0.1) is 0 Å². The van der Waals surface area contributed by atoms with E-state index < -0.39 is 0 Å². The van der Waals surface area contributed by atoms with E-state index in [9.17, 15) is 4.79 Å². The number of thioether (sulfide) groups is 1. The smallest absolute Gasteiger partial charge is 0.265 e. The van der Waals surface area contributed by atoms with Gasteiger partial charge in [0.2, 0.25) is 0 Å². The van der Waals surface area contributed by atoms with Crippen LogP contribution in [0.2, 0.25) is 0 Å². The van der Waals surface area contributed by atoms with E-state index in [1.54, 1.807) is 11.8 Å². The normalized spacial score (nSPS) is 19.6. The molecule has 2 heterocycles. The molecular formula is C10H15ClN2OS2. The molecule has 0 saturated carbocycles. The summed E-state index contributed by atoms with van der Waals surface area (Å²) in [6, 6.07) is 2.16. The van der Waals surface area contributed by atoms with Crippen LogP contribution in [0.25, 0.3) is 0 Å². The highest BCUT2D eigenvalue weighted by atomic mass is 35.5. The summed E-state index contributed by atoms with van der Waals surface area (Å²) in [4.78, 5) is 15.9. The summed E-state index contributed by atoms with van der Waals surface area (Å²) >= 11 is 3.14. The molecule has 3 nitrogen and oxygen atoms in total. The zero-order valence-electron chi connectivity index (χ0n) is 9.01. The first-order valence-electron chi connectivity index (χ1n) is 4.88. The van der Waals surface area contributed by atoms with Gasteiger partial charge in [-0.1, -0.05) is 0 Å². The number of hydrogen-bond donors (Lipinski definition) is 1. The van der Waals surface area contributed by atoms with E-state index in [2.05, 4.69) is 0 Å². The third-order valence-electron chi connectivity index (χ3n) is 2.56. The lowest BCUT2D eigenvalue weighted by atomic mass is 10.3. The number of carbonyl (C=O) groups is 1. The molecule has 90 valence electrons. The van der Waals surface area contributed by atoms with Crippen LogP contribution in [-0.4, -0.2) is 36.2 Å². The van der Waals surface area contributed by atoms with Crippen LogP contribution in [0.3, 0.4) is 0 Å². The van der Waals surface area contributed by atoms with Gasteiger partial charge in [-0.15, -0.1) is 35.5 Å². The molecule has 1 aromatic heterocycles. The van der Waals surface area contributed by atoms with Crippen LogP contribution in [0.4, 0.5) is 0 Å². The lowest BCUT2D eigenvalue weighted by Crippen LogP contribution is -2.31. The average molecular weight is 279 g/mol. The van der Waals surface area contributed by atoms with E-state index in [1.165, 1.54) is 11.3 Å². The fourth-order valence-electron chi connectivity index (χ4n) is 1.73. The summed E-state index contributed by atoms with van der Waals surface area (Å²) in [6.45, 7) is 1.50. The molecule has 2 rings (SSSR count). The molecule has 16 heavy (non-hydrogen) atoms. The van der Waals surface area contributed by atoms with Crippen LogP contribution >= 0.6 is 35.5 Å². The van der Waals surface area contributed by atoms with Crippen molar-refractivity contribution in [2.24, 2.45) is 5.73 Å². The third kappa shape index (κ3) is 2.71. The van der Waals surface area contributed by atoms with Gasteiger partial charge < -0.3 is 10.6 Å². The molecule has 1 atom stereocenters. The Balaban J connectivity index is 0.00000128. The Kier molecular flexibility index (Phi) is 5.11. The number of rotatable bonds is 2. The maximum Gasteiger partial charge on any atom is 0.265 e. The molecule has 1 aromatic rings. The number of nitrogens with zero attached hydrogens (tertiary/aromatic N) is 1. The summed E-state index contributed by atoms with van der Waals surface area (Å²) < 4.78 is 0. The number of halogens is 1. The Morgan fingerprint density at radius 1 is 1.69 bits per heavy atom. The molecule has 0 aromatic carbocycles. The van der Waals surface area contributed by atoms with Gasteiger partial charge in [-0.2, -0.15) is 0 Å². The predicted molar refractivity (Wildman–Crippen MR) is 71.8 cm³/mol. The van der Waals surface area contributed by atoms with Gasteiger partial charge in [0.1, 0.15) is 4.88 Å². The minimum absolute atomic E-state index is 0. The Labute approximate surface area is 110 Å². The number of carbonyl (C=O) groups excluding carboxylic acids is 1. The Bertz CT molecular complexity index is 369. The largest absolute Gasteiger partial charge is 0.336 e. The van der Waals surface area contributed by atoms with E-state index in [-0.39, 0.29) is 24.4 Å². The third-order valence-corrected chi connectivity index (χ3v) is 4.37. The molecular weight excluding hydrogens is 264 g/mol. The molecule has 2 N–H and O–H groups in total. The summed E-state index contributed by atoms with van der Waals surface area (Å²) in [5, 5.41) is 1.97. The van der Waals surface area contributed by atoms with E-state index in [4.69, 9.17) is 5.73 Å². The van der Waals surface area contributed by atoms with Crippen molar-refractivity contribution >= 4 is 41.4 Å². The topological polar surface area (TPSA) is 46.3 Å². The Morgan fingerprint density at radius 3 is 3.00 bits per heavy atom. The zero-order valence-corrected chi connectivity index (χ0v) is 11.5. The first-order chi connectivity index (χ1) is 7.22. The van der Waals surface area contributed by atoms with E-state index in [0.29, 0.717) is 6.54 Å². The van der Waals surface area contributed by atoms with Gasteiger partial charge in [-0.05, 0) is 24.1 Å². The van der Waals surface area contributed by atoms with Crippen molar-refractivity contribution in [1.29, 1.82) is 0 Å². The highest BCUT2D eigenvalue weighted by Gasteiger charge is 2.26. The Hall–Kier alpha value is -0.230. The first kappa shape index (κ1) is 13.8. The van der Waals surface area contributed by atoms with Crippen molar-refractivity contribution in [2.75, 3.05) is 19.3 Å². The molecule has 1 aliphatic rings. The predicted octanol–water partition coefficient (Wildman–Crippen LogP) is 2.07. The lowest BCUT2D eigenvalue weighted by Gasteiger charge is -2.15. The van der Waals surface area contributed by atoms with Gasteiger partial charge in [0.05, 0.1) is 0 Å². The van der Waals surface area contributed by atoms with E-state index in [1.807, 2.05) is 22.6 Å². The maximum atomic E-state index is 12.1. The first-order valence-corrected chi connectivity index (χ1v) is 6.99. The second-order valence-corrected chi connectivity index (χ2v) is 5.38. The van der Waals surface area contributed by atoms with Crippen molar-refractivity contribution in [3.8, 4) is 0 Å². The summed E-state index contributed by atoms with van der Waals surface area (Å²) in [7, 11) is 0. The van der Waals surface area contributed by atoms with Gasteiger partial charge in [0, 0.05) is 24.0 Å². The molecule has 6 heteroatoms. The second-order valence-electron chi connectivity index (χ2n) is 3.62. The highest BCUT2D eigenvalue weighted by molar-refractivity contribution is 7.98. The van der Waals surface area contributed by atoms with Crippen molar-refractivity contribution in [3.05, 3.63) is 16.3 Å². The van der Waals surface area contributed by atoms with Crippen molar-refractivity contribution in [1.82, 2.24) is 4.90 Å². The van der Waals surface area contributed by atoms with Gasteiger partial charge in [0.25, 0.3) is 5.91 Å². The molecule has 0 radical (unpaired) electrons. The molecule has 1 amide bonds. The highest BCUT2D eigenvalue weighted by Crippen LogP contribution is 2.27. The average Bonchev–Trinajstić information content (AvgIpc) is 2.84. The number of thiophene rings is 1. The quantitative estimate of drug-likeness (QED) is 0.843. The molecule has 1 fully saturated rings. The SMILES string of the molecule is CSc1ccsc1C(=O)N1CC[C@H](N)C1.Cl. The van der Waals surface area contributed by atoms with Crippen molar-refractivity contribution in [3.63, 3.8) is 0 Å². The zero-order chi connectivity index (χ0) is 10.8. The van der Waals surface area contributed by atoms with Crippen molar-refractivity contribution < 1.29 is 4.79 Å². The molecule has 0 unspecified atom stereocenters. The number of likely N-dealkylation sites (tertiary alicyclic amines) is 1. The lowest BCUT2D eigenvalue weighted by molar-refractivity contribution is 0.0792.